The number of ether oxygens (including phenoxy) is 1. The third-order valence-corrected chi connectivity index (χ3v) is 3.74. The summed E-state index contributed by atoms with van der Waals surface area (Å²) in [5.74, 6) is 1.41. The molecule has 118 valence electrons. The molecule has 0 atom stereocenters. The van der Waals surface area contributed by atoms with Gasteiger partial charge >= 0.3 is 0 Å². The van der Waals surface area contributed by atoms with Crippen molar-refractivity contribution in [3.05, 3.63) is 42.0 Å². The monoisotopic (exact) mass is 301 g/mol. The Morgan fingerprint density at radius 2 is 1.73 bits per heavy atom. The Bertz CT molecular complexity index is 651. The third-order valence-electron chi connectivity index (χ3n) is 3.74. The first-order valence-corrected chi connectivity index (χ1v) is 7.30. The molecule has 0 unspecified atom stereocenters. The molecule has 0 saturated heterocycles. The minimum absolute atomic E-state index is 0.343. The van der Waals surface area contributed by atoms with Gasteiger partial charge < -0.3 is 14.5 Å². The van der Waals surface area contributed by atoms with Crippen molar-refractivity contribution in [1.82, 2.24) is 0 Å². The van der Waals surface area contributed by atoms with Gasteiger partial charge in [0.15, 0.2) is 5.75 Å². The molecule has 0 fully saturated rings. The van der Waals surface area contributed by atoms with Crippen LogP contribution in [-0.4, -0.2) is 26.5 Å². The molecule has 2 aromatic carbocycles. The zero-order chi connectivity index (χ0) is 16.3. The summed E-state index contributed by atoms with van der Waals surface area (Å²) >= 11 is 0. The molecule has 0 radical (unpaired) electrons. The molecular weight excluding hydrogens is 278 g/mol. The Morgan fingerprint density at radius 1 is 1.05 bits per heavy atom. The molecule has 0 saturated carbocycles. The fourth-order valence-electron chi connectivity index (χ4n) is 2.65. The van der Waals surface area contributed by atoms with Crippen LogP contribution in [0.1, 0.15) is 25.3 Å². The van der Waals surface area contributed by atoms with E-state index in [2.05, 4.69) is 19.9 Å². The van der Waals surface area contributed by atoms with Crippen molar-refractivity contribution in [3.8, 4) is 22.6 Å². The van der Waals surface area contributed by atoms with E-state index in [1.165, 1.54) is 5.56 Å². The van der Waals surface area contributed by atoms with Crippen molar-refractivity contribution in [3.63, 3.8) is 0 Å². The highest BCUT2D eigenvalue weighted by atomic mass is 17.1. The predicted molar refractivity (Wildman–Crippen MR) is 90.1 cm³/mol. The van der Waals surface area contributed by atoms with E-state index in [1.54, 1.807) is 7.11 Å². The fraction of sp³-hybridized carbons (Fsp3) is 0.333. The topological polar surface area (TPSA) is 41.9 Å². The van der Waals surface area contributed by atoms with Crippen LogP contribution in [0.5, 0.6) is 11.5 Å². The first-order valence-electron chi connectivity index (χ1n) is 7.30. The molecule has 4 nitrogen and oxygen atoms in total. The van der Waals surface area contributed by atoms with E-state index in [0.717, 1.165) is 16.8 Å². The van der Waals surface area contributed by atoms with E-state index in [1.807, 2.05) is 49.3 Å². The molecule has 0 spiro atoms. The van der Waals surface area contributed by atoms with Crippen molar-refractivity contribution in [2.24, 2.45) is 0 Å². The van der Waals surface area contributed by atoms with E-state index in [4.69, 9.17) is 9.62 Å². The van der Waals surface area contributed by atoms with Crippen LogP contribution in [0.4, 0.5) is 5.69 Å². The minimum atomic E-state index is 0.343. The van der Waals surface area contributed by atoms with Gasteiger partial charge in [-0.15, -0.1) is 0 Å². The lowest BCUT2D eigenvalue weighted by molar-refractivity contribution is -0.136. The highest BCUT2D eigenvalue weighted by molar-refractivity contribution is 5.85. The molecule has 1 N–H and O–H groups in total. The summed E-state index contributed by atoms with van der Waals surface area (Å²) in [6, 6.07) is 11.9. The van der Waals surface area contributed by atoms with E-state index in [-0.39, 0.29) is 0 Å². The number of hydrogen-bond donors (Lipinski definition) is 1. The van der Waals surface area contributed by atoms with E-state index in [9.17, 15) is 5.26 Å². The Hall–Kier alpha value is -2.20. The number of methoxy groups -OCH3 is 1. The summed E-state index contributed by atoms with van der Waals surface area (Å²) < 4.78 is 5.50. The largest absolute Gasteiger partial charge is 0.496 e. The second-order valence-corrected chi connectivity index (χ2v) is 5.72. The zero-order valence-corrected chi connectivity index (χ0v) is 13.8. The molecule has 4 heteroatoms. The van der Waals surface area contributed by atoms with Crippen molar-refractivity contribution in [2.75, 3.05) is 26.1 Å². The van der Waals surface area contributed by atoms with Crippen molar-refractivity contribution in [1.29, 1.82) is 0 Å². The molecule has 2 rings (SSSR count). The minimum Gasteiger partial charge on any atom is -0.496 e. The SMILES string of the molecule is COc1ccc(N(C)C)c(OO)c1-c1ccccc1C(C)C. The van der Waals surface area contributed by atoms with E-state index in [0.29, 0.717) is 17.4 Å². The van der Waals surface area contributed by atoms with Gasteiger partial charge in [-0.1, -0.05) is 38.1 Å². The maximum absolute atomic E-state index is 9.48. The van der Waals surface area contributed by atoms with Gasteiger partial charge in [0.05, 0.1) is 18.4 Å². The Labute approximate surface area is 131 Å². The van der Waals surface area contributed by atoms with Crippen molar-refractivity contribution >= 4 is 5.69 Å². The Morgan fingerprint density at radius 3 is 2.27 bits per heavy atom. The van der Waals surface area contributed by atoms with Crippen LogP contribution >= 0.6 is 0 Å². The lowest BCUT2D eigenvalue weighted by Crippen LogP contribution is -2.11. The van der Waals surface area contributed by atoms with Crippen LogP contribution in [0, 0.1) is 0 Å². The predicted octanol–water partition coefficient (Wildman–Crippen LogP) is 4.40. The first kappa shape index (κ1) is 16.2. The van der Waals surface area contributed by atoms with Gasteiger partial charge in [0.2, 0.25) is 0 Å². The Balaban J connectivity index is 2.81. The molecule has 0 amide bonds. The van der Waals surface area contributed by atoms with Gasteiger partial charge in [0.25, 0.3) is 0 Å². The molecule has 2 aromatic rings. The first-order chi connectivity index (χ1) is 10.5. The quantitative estimate of drug-likeness (QED) is 0.656. The summed E-state index contributed by atoms with van der Waals surface area (Å²) in [5, 5.41) is 9.48. The molecule has 0 aliphatic carbocycles. The van der Waals surface area contributed by atoms with Gasteiger partial charge in [-0.05, 0) is 29.2 Å². The maximum Gasteiger partial charge on any atom is 0.199 e. The molecule has 22 heavy (non-hydrogen) atoms. The lowest BCUT2D eigenvalue weighted by Gasteiger charge is -2.22. The van der Waals surface area contributed by atoms with Crippen LogP contribution < -0.4 is 14.5 Å². The highest BCUT2D eigenvalue weighted by Gasteiger charge is 2.21. The lowest BCUT2D eigenvalue weighted by atomic mass is 9.91. The second kappa shape index (κ2) is 6.71. The van der Waals surface area contributed by atoms with Gasteiger partial charge in [-0.2, -0.15) is 0 Å². The number of rotatable bonds is 5. The van der Waals surface area contributed by atoms with Crippen LogP contribution in [0.3, 0.4) is 0 Å². The fourth-order valence-corrected chi connectivity index (χ4v) is 2.65. The normalized spacial score (nSPS) is 10.7. The summed E-state index contributed by atoms with van der Waals surface area (Å²) in [6.07, 6.45) is 0. The van der Waals surface area contributed by atoms with E-state index < -0.39 is 0 Å². The zero-order valence-electron chi connectivity index (χ0n) is 13.8. The molecular formula is C18H23NO3. The third kappa shape index (κ3) is 2.88. The molecule has 0 aliphatic rings. The summed E-state index contributed by atoms with van der Waals surface area (Å²) in [6.45, 7) is 4.28. The van der Waals surface area contributed by atoms with Gasteiger partial charge in [-0.3, -0.25) is 0 Å². The van der Waals surface area contributed by atoms with E-state index >= 15 is 0 Å². The number of anilines is 1. The molecule has 0 heterocycles. The smallest absolute Gasteiger partial charge is 0.199 e. The van der Waals surface area contributed by atoms with Crippen LogP contribution in [0.15, 0.2) is 36.4 Å². The maximum atomic E-state index is 9.48. The van der Waals surface area contributed by atoms with Crippen molar-refractivity contribution < 1.29 is 14.9 Å². The van der Waals surface area contributed by atoms with Gasteiger partial charge in [-0.25, -0.2) is 5.26 Å². The van der Waals surface area contributed by atoms with Crippen LogP contribution in [0.25, 0.3) is 11.1 Å². The summed E-state index contributed by atoms with van der Waals surface area (Å²) in [5.41, 5.74) is 3.73. The molecule has 0 bridgehead atoms. The van der Waals surface area contributed by atoms with Crippen LogP contribution in [0.2, 0.25) is 0 Å². The number of nitrogens with zero attached hydrogens (tertiary/aromatic N) is 1. The van der Waals surface area contributed by atoms with Crippen molar-refractivity contribution in [2.45, 2.75) is 19.8 Å². The second-order valence-electron chi connectivity index (χ2n) is 5.72. The molecule has 0 aliphatic heterocycles. The van der Waals surface area contributed by atoms with Gasteiger partial charge in [0, 0.05) is 14.1 Å². The average Bonchev–Trinajstić information content (AvgIpc) is 2.52. The Kier molecular flexibility index (Phi) is 4.93. The number of benzene rings is 2. The molecule has 0 aromatic heterocycles. The number of hydrogen-bond acceptors (Lipinski definition) is 4. The van der Waals surface area contributed by atoms with Gasteiger partial charge in [0.1, 0.15) is 5.75 Å². The summed E-state index contributed by atoms with van der Waals surface area (Å²) in [4.78, 5) is 6.64. The highest BCUT2D eigenvalue weighted by Crippen LogP contribution is 2.46. The van der Waals surface area contributed by atoms with Crippen LogP contribution in [-0.2, 0) is 0 Å². The summed E-state index contributed by atoms with van der Waals surface area (Å²) in [7, 11) is 5.43. The standard InChI is InChI=1S/C18H23NO3/c1-12(2)13-8-6-7-9-14(13)17-16(21-5)11-10-15(19(3)4)18(17)22-20/h6-12,20H,1-5H3. The average molecular weight is 301 g/mol.